The summed E-state index contributed by atoms with van der Waals surface area (Å²) < 4.78 is 5.27. The van der Waals surface area contributed by atoms with Crippen molar-refractivity contribution in [2.75, 3.05) is 7.11 Å². The molecule has 0 bridgehead atoms. The number of Topliss-reactive ketones (excluding diaryl/α,β-unsaturated/α-hetero) is 1. The average Bonchev–Trinajstić information content (AvgIpc) is 2.75. The van der Waals surface area contributed by atoms with E-state index in [4.69, 9.17) is 10.00 Å². The van der Waals surface area contributed by atoms with Gasteiger partial charge in [0, 0.05) is 27.9 Å². The number of methoxy groups -OCH3 is 1. The summed E-state index contributed by atoms with van der Waals surface area (Å²) in [6, 6.07) is 9.60. The van der Waals surface area contributed by atoms with Gasteiger partial charge in [-0.05, 0) is 81.0 Å². The first-order valence-electron chi connectivity index (χ1n) is 10.1. The van der Waals surface area contributed by atoms with Gasteiger partial charge in [0.25, 0.3) is 0 Å². The van der Waals surface area contributed by atoms with Crippen LogP contribution in [0.4, 0.5) is 0 Å². The molecular formula is C27H30N2O3S. The van der Waals surface area contributed by atoms with Gasteiger partial charge in [0.15, 0.2) is 5.78 Å². The van der Waals surface area contributed by atoms with Crippen molar-refractivity contribution in [2.24, 2.45) is 0 Å². The number of hydrogen-bond acceptors (Lipinski definition) is 6. The molecule has 1 aromatic carbocycles. The molecule has 0 spiro atoms. The molecule has 0 amide bonds. The van der Waals surface area contributed by atoms with Crippen molar-refractivity contribution in [3.8, 4) is 6.07 Å². The number of aliphatic hydroxyl groups is 1. The number of nitrogens with zero attached hydrogens (tertiary/aromatic N) is 2. The topological polar surface area (TPSA) is 83.2 Å². The minimum Gasteiger partial charge on any atom is -0.513 e. The number of carbonyl (C=O) groups is 1. The summed E-state index contributed by atoms with van der Waals surface area (Å²) in [6.07, 6.45) is 4.61. The number of aryl methyl sites for hydroxylation is 2. The summed E-state index contributed by atoms with van der Waals surface area (Å²) in [5, 5.41) is 18.3. The molecule has 0 aliphatic carbocycles. The molecule has 0 unspecified atom stereocenters. The van der Waals surface area contributed by atoms with Crippen molar-refractivity contribution >= 4 is 23.1 Å². The molecule has 2 aromatic rings. The van der Waals surface area contributed by atoms with Crippen molar-refractivity contribution in [1.82, 2.24) is 4.98 Å². The van der Waals surface area contributed by atoms with Crippen molar-refractivity contribution in [2.45, 2.75) is 39.5 Å². The van der Waals surface area contributed by atoms with Crippen LogP contribution in [0.2, 0.25) is 0 Å². The third kappa shape index (κ3) is 8.47. The first-order chi connectivity index (χ1) is 15.5. The molecule has 0 radical (unpaired) electrons. The van der Waals surface area contributed by atoms with Gasteiger partial charge in [-0.3, -0.25) is 9.78 Å². The second-order valence-corrected chi connectivity index (χ2v) is 8.64. The summed E-state index contributed by atoms with van der Waals surface area (Å²) in [7, 11) is 1.51. The lowest BCUT2D eigenvalue weighted by Crippen LogP contribution is -2.03. The third-order valence-electron chi connectivity index (χ3n) is 4.34. The molecule has 33 heavy (non-hydrogen) atoms. The summed E-state index contributed by atoms with van der Waals surface area (Å²) in [5.41, 5.74) is 4.39. The largest absolute Gasteiger partial charge is 0.513 e. The van der Waals surface area contributed by atoms with Crippen LogP contribution in [0.25, 0.3) is 5.57 Å². The van der Waals surface area contributed by atoms with Crippen LogP contribution in [0, 0.1) is 25.2 Å². The molecule has 0 fully saturated rings. The zero-order valence-corrected chi connectivity index (χ0v) is 20.8. The number of nitriles is 1. The maximum atomic E-state index is 11.8. The van der Waals surface area contributed by atoms with E-state index in [-0.39, 0.29) is 11.5 Å². The van der Waals surface area contributed by atoms with Gasteiger partial charge in [0.05, 0.1) is 24.5 Å². The standard InChI is InChI=1S/C16H19NO3.C11H11NS/c1-6-16(20-5)14(8-11(3)18)13-7-10(2)17-9-15(13)12(4)19;1-8(2)13-11-6-10(7-12)5-4-9(11)3/h6-9,18H,1H2,2-5H3;4-6H,1H2,2-3H3/b11-8+,16-14-;. The van der Waals surface area contributed by atoms with Crippen molar-refractivity contribution in [3.05, 3.63) is 100 Å². The molecule has 1 N–H and O–H groups in total. The van der Waals surface area contributed by atoms with E-state index in [1.807, 2.05) is 39.0 Å². The number of ether oxygens (including phenoxy) is 1. The Labute approximate surface area is 200 Å². The van der Waals surface area contributed by atoms with E-state index in [1.54, 1.807) is 30.8 Å². The van der Waals surface area contributed by atoms with Crippen LogP contribution in [0.5, 0.6) is 0 Å². The van der Waals surface area contributed by atoms with Crippen LogP contribution >= 0.6 is 11.8 Å². The van der Waals surface area contributed by atoms with Crippen LogP contribution in [-0.2, 0) is 4.74 Å². The van der Waals surface area contributed by atoms with E-state index in [1.165, 1.54) is 31.9 Å². The Kier molecular flexibility index (Phi) is 10.9. The number of benzene rings is 1. The fraction of sp³-hybridized carbons (Fsp3) is 0.222. The lowest BCUT2D eigenvalue weighted by Gasteiger charge is -2.12. The number of aromatic nitrogens is 1. The quantitative estimate of drug-likeness (QED) is 0.205. The molecule has 0 aliphatic heterocycles. The number of rotatable bonds is 7. The number of allylic oxidation sites excluding steroid dienone is 5. The SMILES string of the molecule is C=C(C)Sc1cc(C#N)ccc1C.C=C/C(OC)=C(\C=C(/C)O)c1cc(C)ncc1C(C)=O. The monoisotopic (exact) mass is 462 g/mol. The van der Waals surface area contributed by atoms with Gasteiger partial charge in [0.1, 0.15) is 5.76 Å². The zero-order valence-electron chi connectivity index (χ0n) is 20.0. The van der Waals surface area contributed by atoms with Crippen molar-refractivity contribution in [3.63, 3.8) is 0 Å². The van der Waals surface area contributed by atoms with Crippen molar-refractivity contribution in [1.29, 1.82) is 5.26 Å². The predicted molar refractivity (Wildman–Crippen MR) is 136 cm³/mol. The third-order valence-corrected chi connectivity index (χ3v) is 5.34. The highest BCUT2D eigenvalue weighted by atomic mass is 32.2. The van der Waals surface area contributed by atoms with Crippen molar-refractivity contribution < 1.29 is 14.6 Å². The molecule has 0 saturated heterocycles. The van der Waals surface area contributed by atoms with Crippen LogP contribution in [0.3, 0.4) is 0 Å². The number of aliphatic hydroxyl groups excluding tert-OH is 1. The Balaban J connectivity index is 0.000000361. The maximum Gasteiger partial charge on any atom is 0.161 e. The number of hydrogen-bond donors (Lipinski definition) is 1. The molecule has 1 aromatic heterocycles. The van der Waals surface area contributed by atoms with Crippen LogP contribution < -0.4 is 0 Å². The molecular weight excluding hydrogens is 432 g/mol. The fourth-order valence-corrected chi connectivity index (χ4v) is 3.61. The average molecular weight is 463 g/mol. The fourth-order valence-electron chi connectivity index (χ4n) is 2.82. The van der Waals surface area contributed by atoms with E-state index in [0.29, 0.717) is 28.0 Å². The molecule has 0 saturated carbocycles. The van der Waals surface area contributed by atoms with Gasteiger partial charge in [-0.25, -0.2) is 0 Å². The zero-order chi connectivity index (χ0) is 25.1. The molecule has 5 nitrogen and oxygen atoms in total. The van der Waals surface area contributed by atoms with Gasteiger partial charge >= 0.3 is 0 Å². The number of thioether (sulfide) groups is 1. The number of pyridine rings is 1. The highest BCUT2D eigenvalue weighted by Crippen LogP contribution is 2.29. The number of carbonyl (C=O) groups excluding carboxylic acids is 1. The van der Waals surface area contributed by atoms with Gasteiger partial charge in [-0.1, -0.05) is 31.0 Å². The Hall–Kier alpha value is -3.56. The van der Waals surface area contributed by atoms with Crippen LogP contribution in [-0.4, -0.2) is 23.0 Å². The van der Waals surface area contributed by atoms with Crippen LogP contribution in [0.15, 0.2) is 77.1 Å². The first kappa shape index (κ1) is 27.5. The van der Waals surface area contributed by atoms with Crippen LogP contribution in [0.1, 0.15) is 53.5 Å². The highest BCUT2D eigenvalue weighted by Gasteiger charge is 2.15. The molecule has 2 rings (SSSR count). The smallest absolute Gasteiger partial charge is 0.161 e. The second-order valence-electron chi connectivity index (χ2n) is 7.30. The normalized spacial score (nSPS) is 11.4. The Morgan fingerprint density at radius 3 is 2.36 bits per heavy atom. The lowest BCUT2D eigenvalue weighted by molar-refractivity contribution is 0.101. The second kappa shape index (κ2) is 13.1. The molecule has 0 aliphatic rings. The van der Waals surface area contributed by atoms with E-state index < -0.39 is 0 Å². The summed E-state index contributed by atoms with van der Waals surface area (Å²) in [4.78, 5) is 18.1. The van der Waals surface area contributed by atoms with Gasteiger partial charge < -0.3 is 9.84 Å². The Bertz CT molecular complexity index is 1150. The summed E-state index contributed by atoms with van der Waals surface area (Å²) in [5.74, 6) is 0.486. The molecule has 0 atom stereocenters. The number of ketones is 1. The van der Waals surface area contributed by atoms with E-state index in [9.17, 15) is 9.90 Å². The van der Waals surface area contributed by atoms with E-state index in [0.717, 1.165) is 15.5 Å². The van der Waals surface area contributed by atoms with E-state index in [2.05, 4.69) is 24.2 Å². The maximum absolute atomic E-state index is 11.8. The minimum absolute atomic E-state index is 0.103. The van der Waals surface area contributed by atoms with Gasteiger partial charge in [0.2, 0.25) is 0 Å². The lowest BCUT2D eigenvalue weighted by atomic mass is 9.96. The Morgan fingerprint density at radius 1 is 1.21 bits per heavy atom. The molecule has 1 heterocycles. The molecule has 172 valence electrons. The summed E-state index contributed by atoms with van der Waals surface area (Å²) >= 11 is 1.61. The van der Waals surface area contributed by atoms with E-state index >= 15 is 0 Å². The highest BCUT2D eigenvalue weighted by molar-refractivity contribution is 8.03. The predicted octanol–water partition coefficient (Wildman–Crippen LogP) is 7.09. The first-order valence-corrected chi connectivity index (χ1v) is 11.0. The van der Waals surface area contributed by atoms with Gasteiger partial charge in [-0.2, -0.15) is 5.26 Å². The summed E-state index contributed by atoms with van der Waals surface area (Å²) in [6.45, 7) is 16.4. The Morgan fingerprint density at radius 2 is 1.88 bits per heavy atom. The van der Waals surface area contributed by atoms with Gasteiger partial charge in [-0.15, -0.1) is 0 Å². The molecule has 6 heteroatoms. The minimum atomic E-state index is -0.103.